The quantitative estimate of drug-likeness (QED) is 0.867. The Bertz CT molecular complexity index is 503. The molecule has 0 amide bonds. The minimum atomic E-state index is 0.360. The van der Waals surface area contributed by atoms with Gasteiger partial charge in [0.15, 0.2) is 5.65 Å². The lowest BCUT2D eigenvalue weighted by atomic mass is 10.2. The van der Waals surface area contributed by atoms with Crippen molar-refractivity contribution in [3.63, 3.8) is 0 Å². The van der Waals surface area contributed by atoms with Gasteiger partial charge in [-0.2, -0.15) is 9.61 Å². The fourth-order valence-electron chi connectivity index (χ4n) is 2.01. The van der Waals surface area contributed by atoms with Gasteiger partial charge in [0.1, 0.15) is 12.1 Å². The number of anilines is 1. The highest BCUT2D eigenvalue weighted by atomic mass is 15.3. The third-order valence-electron chi connectivity index (χ3n) is 2.56. The summed E-state index contributed by atoms with van der Waals surface area (Å²) in [6, 6.07) is 4.47. The largest absolute Gasteiger partial charge is 0.366 e. The van der Waals surface area contributed by atoms with Gasteiger partial charge in [0.05, 0.1) is 0 Å². The average molecular weight is 233 g/mol. The van der Waals surface area contributed by atoms with E-state index < -0.39 is 0 Å². The second-order valence-electron chi connectivity index (χ2n) is 4.76. The number of aryl methyl sites for hydroxylation is 1. The van der Waals surface area contributed by atoms with E-state index in [2.05, 4.69) is 54.3 Å². The number of hydrogen-bond donors (Lipinski definition) is 1. The van der Waals surface area contributed by atoms with Crippen molar-refractivity contribution in [2.24, 2.45) is 0 Å². The third kappa shape index (κ3) is 2.74. The number of hydrogen-bond acceptors (Lipinski definition) is 4. The maximum Gasteiger partial charge on any atom is 0.157 e. The van der Waals surface area contributed by atoms with Gasteiger partial charge in [-0.3, -0.25) is 0 Å². The molecule has 0 aromatic carbocycles. The van der Waals surface area contributed by atoms with Gasteiger partial charge in [-0.05, 0) is 45.6 Å². The Morgan fingerprint density at radius 2 is 2.18 bits per heavy atom. The molecule has 0 fully saturated rings. The first-order chi connectivity index (χ1) is 8.06. The maximum atomic E-state index is 4.22. The summed E-state index contributed by atoms with van der Waals surface area (Å²) in [7, 11) is 4.14. The van der Waals surface area contributed by atoms with Gasteiger partial charge in [0.25, 0.3) is 0 Å². The van der Waals surface area contributed by atoms with Crippen molar-refractivity contribution in [2.75, 3.05) is 26.0 Å². The molecule has 0 radical (unpaired) electrons. The standard InChI is InChI=1S/C12H19N5/c1-9-5-11-13-8-14-17(11)12(6-9)15-10(2)7-16(3)4/h5-6,8,10,15H,7H2,1-4H3. The lowest BCUT2D eigenvalue weighted by molar-refractivity contribution is 0.391. The van der Waals surface area contributed by atoms with Crippen LogP contribution in [0.4, 0.5) is 5.82 Å². The molecule has 2 aromatic heterocycles. The Morgan fingerprint density at radius 3 is 2.88 bits per heavy atom. The smallest absolute Gasteiger partial charge is 0.157 e. The molecular formula is C12H19N5. The minimum absolute atomic E-state index is 0.360. The zero-order valence-corrected chi connectivity index (χ0v) is 10.8. The van der Waals surface area contributed by atoms with E-state index in [4.69, 9.17) is 0 Å². The predicted molar refractivity (Wildman–Crippen MR) is 69.4 cm³/mol. The second-order valence-corrected chi connectivity index (χ2v) is 4.76. The number of nitrogens with zero attached hydrogens (tertiary/aromatic N) is 4. The van der Waals surface area contributed by atoms with Gasteiger partial charge in [-0.1, -0.05) is 0 Å². The second kappa shape index (κ2) is 4.71. The molecule has 0 spiro atoms. The van der Waals surface area contributed by atoms with Gasteiger partial charge < -0.3 is 10.2 Å². The molecule has 5 heteroatoms. The normalized spacial score (nSPS) is 13.2. The Balaban J connectivity index is 2.25. The van der Waals surface area contributed by atoms with Crippen LogP contribution in [0, 0.1) is 6.92 Å². The predicted octanol–water partition coefficient (Wildman–Crippen LogP) is 1.40. The highest BCUT2D eigenvalue weighted by Gasteiger charge is 2.08. The fraction of sp³-hybridized carbons (Fsp3) is 0.500. The summed E-state index contributed by atoms with van der Waals surface area (Å²) in [5.41, 5.74) is 2.06. The molecule has 2 heterocycles. The van der Waals surface area contributed by atoms with Crippen LogP contribution in [0.5, 0.6) is 0 Å². The molecule has 17 heavy (non-hydrogen) atoms. The molecule has 0 aliphatic rings. The van der Waals surface area contributed by atoms with E-state index in [1.165, 1.54) is 5.56 Å². The molecule has 0 bridgehead atoms. The summed E-state index contributed by atoms with van der Waals surface area (Å²) in [4.78, 5) is 6.37. The first kappa shape index (κ1) is 11.9. The van der Waals surface area contributed by atoms with Crippen LogP contribution in [0.15, 0.2) is 18.5 Å². The maximum absolute atomic E-state index is 4.22. The lowest BCUT2D eigenvalue weighted by Crippen LogP contribution is -2.30. The molecule has 0 saturated heterocycles. The third-order valence-corrected chi connectivity index (χ3v) is 2.56. The van der Waals surface area contributed by atoms with Crippen LogP contribution >= 0.6 is 0 Å². The van der Waals surface area contributed by atoms with Crippen molar-refractivity contribution in [1.29, 1.82) is 0 Å². The minimum Gasteiger partial charge on any atom is -0.366 e. The Kier molecular flexibility index (Phi) is 3.28. The first-order valence-electron chi connectivity index (χ1n) is 5.78. The monoisotopic (exact) mass is 233 g/mol. The zero-order chi connectivity index (χ0) is 12.4. The molecule has 1 N–H and O–H groups in total. The van der Waals surface area contributed by atoms with Crippen molar-refractivity contribution in [2.45, 2.75) is 19.9 Å². The lowest BCUT2D eigenvalue weighted by Gasteiger charge is -2.19. The van der Waals surface area contributed by atoms with Gasteiger partial charge in [-0.25, -0.2) is 4.98 Å². The van der Waals surface area contributed by atoms with E-state index in [9.17, 15) is 0 Å². The van der Waals surface area contributed by atoms with Crippen LogP contribution in [0.1, 0.15) is 12.5 Å². The number of pyridine rings is 1. The summed E-state index contributed by atoms with van der Waals surface area (Å²) in [5.74, 6) is 0.992. The number of aromatic nitrogens is 3. The van der Waals surface area contributed by atoms with E-state index in [1.54, 1.807) is 6.33 Å². The molecule has 1 atom stereocenters. The molecule has 0 saturated carbocycles. The summed E-state index contributed by atoms with van der Waals surface area (Å²) >= 11 is 0. The number of likely N-dealkylation sites (N-methyl/N-ethyl adjacent to an activating group) is 1. The molecule has 0 aliphatic heterocycles. The van der Waals surface area contributed by atoms with Crippen LogP contribution in [0.25, 0.3) is 5.65 Å². The van der Waals surface area contributed by atoms with Gasteiger partial charge in [0, 0.05) is 12.6 Å². The highest BCUT2D eigenvalue weighted by molar-refractivity contribution is 5.51. The van der Waals surface area contributed by atoms with Crippen molar-refractivity contribution in [3.8, 4) is 0 Å². The van der Waals surface area contributed by atoms with E-state index in [0.29, 0.717) is 6.04 Å². The van der Waals surface area contributed by atoms with Crippen molar-refractivity contribution in [3.05, 3.63) is 24.0 Å². The van der Waals surface area contributed by atoms with Crippen LogP contribution in [0.3, 0.4) is 0 Å². The van der Waals surface area contributed by atoms with E-state index in [0.717, 1.165) is 18.0 Å². The number of rotatable bonds is 4. The van der Waals surface area contributed by atoms with Crippen molar-refractivity contribution >= 4 is 11.5 Å². The van der Waals surface area contributed by atoms with Crippen LogP contribution in [0.2, 0.25) is 0 Å². The Morgan fingerprint density at radius 1 is 1.41 bits per heavy atom. The summed E-state index contributed by atoms with van der Waals surface area (Å²) in [6.45, 7) is 5.20. The molecule has 2 rings (SSSR count). The topological polar surface area (TPSA) is 45.5 Å². The highest BCUT2D eigenvalue weighted by Crippen LogP contribution is 2.14. The van der Waals surface area contributed by atoms with Crippen molar-refractivity contribution < 1.29 is 0 Å². The molecule has 1 unspecified atom stereocenters. The Hall–Kier alpha value is -1.62. The van der Waals surface area contributed by atoms with Crippen LogP contribution in [-0.2, 0) is 0 Å². The summed E-state index contributed by atoms with van der Waals surface area (Å²) < 4.78 is 1.83. The first-order valence-corrected chi connectivity index (χ1v) is 5.78. The van der Waals surface area contributed by atoms with Crippen molar-refractivity contribution in [1.82, 2.24) is 19.5 Å². The van der Waals surface area contributed by atoms with E-state index >= 15 is 0 Å². The summed E-state index contributed by atoms with van der Waals surface area (Å²) in [5, 5.41) is 7.68. The SMILES string of the molecule is Cc1cc(NC(C)CN(C)C)n2ncnc2c1. The fourth-order valence-corrected chi connectivity index (χ4v) is 2.01. The average Bonchev–Trinajstić information content (AvgIpc) is 2.63. The van der Waals surface area contributed by atoms with E-state index in [-0.39, 0.29) is 0 Å². The summed E-state index contributed by atoms with van der Waals surface area (Å²) in [6.07, 6.45) is 1.58. The van der Waals surface area contributed by atoms with Gasteiger partial charge in [-0.15, -0.1) is 0 Å². The van der Waals surface area contributed by atoms with Gasteiger partial charge in [0.2, 0.25) is 0 Å². The molecule has 0 aliphatic carbocycles. The van der Waals surface area contributed by atoms with Gasteiger partial charge >= 0.3 is 0 Å². The number of nitrogens with one attached hydrogen (secondary N) is 1. The molecule has 92 valence electrons. The molecular weight excluding hydrogens is 214 g/mol. The van der Waals surface area contributed by atoms with Crippen LogP contribution in [-0.4, -0.2) is 46.2 Å². The Labute approximate surface area is 101 Å². The zero-order valence-electron chi connectivity index (χ0n) is 10.8. The van der Waals surface area contributed by atoms with Crippen LogP contribution < -0.4 is 5.32 Å². The molecule has 5 nitrogen and oxygen atoms in total. The molecule has 2 aromatic rings. The number of fused-ring (bicyclic) bond motifs is 1. The van der Waals surface area contributed by atoms with E-state index in [1.807, 2.05) is 10.6 Å².